The molecule has 152 valence electrons. The normalized spacial score (nSPS) is 17.5. The number of hydrogen-bond donors (Lipinski definition) is 0. The summed E-state index contributed by atoms with van der Waals surface area (Å²) in [5, 5.41) is 0. The lowest BCUT2D eigenvalue weighted by molar-refractivity contribution is -0.426. The van der Waals surface area contributed by atoms with Crippen LogP contribution in [-0.4, -0.2) is 33.8 Å². The Morgan fingerprint density at radius 1 is 0.720 bits per heavy atom. The zero-order valence-corrected chi connectivity index (χ0v) is 15.2. The van der Waals surface area contributed by atoms with Crippen LogP contribution in [0, 0.1) is 5.92 Å². The van der Waals surface area contributed by atoms with Crippen molar-refractivity contribution in [2.45, 2.75) is 73.3 Å². The van der Waals surface area contributed by atoms with E-state index in [-0.39, 0.29) is 12.8 Å². The molecule has 0 amide bonds. The third kappa shape index (κ3) is 4.28. The molecule has 2 unspecified atom stereocenters. The quantitative estimate of drug-likeness (QED) is 0.177. The van der Waals surface area contributed by atoms with Gasteiger partial charge in [0.2, 0.25) is 0 Å². The summed E-state index contributed by atoms with van der Waals surface area (Å²) < 4.78 is 142. The van der Waals surface area contributed by atoms with E-state index in [2.05, 4.69) is 0 Å². The van der Waals surface area contributed by atoms with Gasteiger partial charge in [0.1, 0.15) is 0 Å². The van der Waals surface area contributed by atoms with Crippen LogP contribution < -0.4 is 0 Å². The van der Waals surface area contributed by atoms with Crippen molar-refractivity contribution in [1.82, 2.24) is 0 Å². The molecule has 0 saturated heterocycles. The molecule has 0 radical (unpaired) electrons. The van der Waals surface area contributed by atoms with Crippen molar-refractivity contribution in [3.8, 4) is 0 Å². The standard InChI is InChI=1S/C13H16F11I/c1-3-5-6-8(25)7(4-2)9(14,15)10(16,17)11(18,19)12(20,21)13(22,23)24/h7-8H,3-6H2,1-2H3. The van der Waals surface area contributed by atoms with Crippen molar-refractivity contribution in [3.63, 3.8) is 0 Å². The van der Waals surface area contributed by atoms with Gasteiger partial charge in [-0.1, -0.05) is 49.3 Å². The van der Waals surface area contributed by atoms with Gasteiger partial charge in [-0.3, -0.25) is 0 Å². The van der Waals surface area contributed by atoms with Gasteiger partial charge in [0.15, 0.2) is 0 Å². The van der Waals surface area contributed by atoms with Gasteiger partial charge in [0.05, 0.1) is 0 Å². The van der Waals surface area contributed by atoms with Crippen LogP contribution in [-0.2, 0) is 0 Å². The molecule has 25 heavy (non-hydrogen) atoms. The molecular weight excluding hydrogens is 492 g/mol. The van der Waals surface area contributed by atoms with Gasteiger partial charge in [0, 0.05) is 9.84 Å². The number of hydrogen-bond acceptors (Lipinski definition) is 0. The summed E-state index contributed by atoms with van der Waals surface area (Å²) >= 11 is 1.29. The van der Waals surface area contributed by atoms with E-state index < -0.39 is 46.1 Å². The van der Waals surface area contributed by atoms with E-state index in [1.54, 1.807) is 6.92 Å². The summed E-state index contributed by atoms with van der Waals surface area (Å²) in [6.45, 7) is 2.57. The van der Waals surface area contributed by atoms with Crippen LogP contribution in [0.4, 0.5) is 48.3 Å². The van der Waals surface area contributed by atoms with Crippen LogP contribution >= 0.6 is 22.6 Å². The Balaban J connectivity index is 6.00. The van der Waals surface area contributed by atoms with Crippen LogP contribution in [0.5, 0.6) is 0 Å². The topological polar surface area (TPSA) is 0 Å². The van der Waals surface area contributed by atoms with E-state index in [1.165, 1.54) is 22.6 Å². The van der Waals surface area contributed by atoms with E-state index >= 15 is 0 Å². The average molecular weight is 508 g/mol. The number of unbranched alkanes of at least 4 members (excludes halogenated alkanes) is 1. The predicted octanol–water partition coefficient (Wildman–Crippen LogP) is 7.11. The summed E-state index contributed by atoms with van der Waals surface area (Å²) in [5.74, 6) is -29.8. The second-order valence-electron chi connectivity index (χ2n) is 5.52. The number of alkyl halides is 12. The Kier molecular flexibility index (Phi) is 7.90. The van der Waals surface area contributed by atoms with Gasteiger partial charge in [-0.25, -0.2) is 0 Å². The zero-order chi connectivity index (χ0) is 20.5. The lowest BCUT2D eigenvalue weighted by Gasteiger charge is -2.41. The number of rotatable bonds is 9. The summed E-state index contributed by atoms with van der Waals surface area (Å²) in [5.41, 5.74) is 0. The van der Waals surface area contributed by atoms with E-state index in [0.29, 0.717) is 6.42 Å². The molecule has 0 aromatic rings. The van der Waals surface area contributed by atoms with Crippen molar-refractivity contribution >= 4 is 22.6 Å². The SMILES string of the molecule is CCCCC(I)C(CC)C(F)(F)C(F)(F)C(F)(F)C(F)(F)C(F)(F)F. The minimum Gasteiger partial charge on any atom is -0.199 e. The molecule has 0 saturated carbocycles. The van der Waals surface area contributed by atoms with Crippen LogP contribution in [0.15, 0.2) is 0 Å². The molecule has 0 heterocycles. The van der Waals surface area contributed by atoms with Crippen molar-refractivity contribution in [2.75, 3.05) is 0 Å². The Bertz CT molecular complexity index is 430. The Labute approximate surface area is 150 Å². The Hall–Kier alpha value is -0.0400. The first-order valence-electron chi connectivity index (χ1n) is 7.15. The average Bonchev–Trinajstić information content (AvgIpc) is 2.43. The van der Waals surface area contributed by atoms with Gasteiger partial charge >= 0.3 is 29.9 Å². The molecule has 12 heteroatoms. The van der Waals surface area contributed by atoms with Crippen LogP contribution in [0.25, 0.3) is 0 Å². The molecule has 0 rings (SSSR count). The first kappa shape index (κ1) is 25.0. The van der Waals surface area contributed by atoms with Gasteiger partial charge < -0.3 is 0 Å². The maximum atomic E-state index is 14.0. The molecule has 0 bridgehead atoms. The molecule has 0 spiro atoms. The second-order valence-corrected chi connectivity index (χ2v) is 7.12. The van der Waals surface area contributed by atoms with Crippen molar-refractivity contribution in [1.29, 1.82) is 0 Å². The van der Waals surface area contributed by atoms with Gasteiger partial charge in [0.25, 0.3) is 0 Å². The van der Waals surface area contributed by atoms with Crippen molar-refractivity contribution in [2.24, 2.45) is 5.92 Å². The maximum Gasteiger partial charge on any atom is 0.460 e. The van der Waals surface area contributed by atoms with E-state index in [1.807, 2.05) is 0 Å². The molecule has 0 aromatic heterocycles. The fourth-order valence-electron chi connectivity index (χ4n) is 2.16. The van der Waals surface area contributed by atoms with Gasteiger partial charge in [-0.05, 0) is 12.8 Å². The summed E-state index contributed by atoms with van der Waals surface area (Å²) in [7, 11) is 0. The molecular formula is C13H16F11I. The minimum absolute atomic E-state index is 0.109. The summed E-state index contributed by atoms with van der Waals surface area (Å²) in [4.78, 5) is 0. The van der Waals surface area contributed by atoms with Crippen LogP contribution in [0.2, 0.25) is 0 Å². The first-order chi connectivity index (χ1) is 10.9. The second kappa shape index (κ2) is 7.91. The van der Waals surface area contributed by atoms with Gasteiger partial charge in [-0.15, -0.1) is 0 Å². The Morgan fingerprint density at radius 2 is 1.16 bits per heavy atom. The highest BCUT2D eigenvalue weighted by Crippen LogP contribution is 2.59. The zero-order valence-electron chi connectivity index (χ0n) is 13.0. The first-order valence-corrected chi connectivity index (χ1v) is 8.40. The molecule has 0 aliphatic rings. The van der Waals surface area contributed by atoms with E-state index in [9.17, 15) is 48.3 Å². The summed E-state index contributed by atoms with van der Waals surface area (Å²) in [6, 6.07) is 0. The molecule has 0 fully saturated rings. The van der Waals surface area contributed by atoms with Crippen LogP contribution in [0.1, 0.15) is 39.5 Å². The smallest absolute Gasteiger partial charge is 0.199 e. The Morgan fingerprint density at radius 3 is 1.48 bits per heavy atom. The fraction of sp³-hybridized carbons (Fsp3) is 1.00. The highest BCUT2D eigenvalue weighted by atomic mass is 127. The largest absolute Gasteiger partial charge is 0.460 e. The van der Waals surface area contributed by atoms with Crippen LogP contribution in [0.3, 0.4) is 0 Å². The lowest BCUT2D eigenvalue weighted by atomic mass is 9.84. The minimum atomic E-state index is -7.32. The van der Waals surface area contributed by atoms with Gasteiger partial charge in [-0.2, -0.15) is 48.3 Å². The van der Waals surface area contributed by atoms with Crippen molar-refractivity contribution in [3.05, 3.63) is 0 Å². The third-order valence-electron chi connectivity index (χ3n) is 3.74. The third-order valence-corrected chi connectivity index (χ3v) is 5.23. The van der Waals surface area contributed by atoms with E-state index in [4.69, 9.17) is 0 Å². The molecule has 0 aliphatic heterocycles. The maximum absolute atomic E-state index is 14.0. The highest BCUT2D eigenvalue weighted by Gasteiger charge is 2.87. The molecule has 2 atom stereocenters. The monoisotopic (exact) mass is 508 g/mol. The van der Waals surface area contributed by atoms with E-state index in [0.717, 1.165) is 6.92 Å². The highest BCUT2D eigenvalue weighted by molar-refractivity contribution is 14.1. The predicted molar refractivity (Wildman–Crippen MR) is 77.0 cm³/mol. The molecule has 0 nitrogen and oxygen atoms in total. The fourth-order valence-corrected chi connectivity index (χ4v) is 3.56. The molecule has 0 N–H and O–H groups in total. The number of halogens is 12. The molecule has 0 aliphatic carbocycles. The molecule has 0 aromatic carbocycles. The lowest BCUT2D eigenvalue weighted by Crippen LogP contribution is -2.68. The van der Waals surface area contributed by atoms with Crippen molar-refractivity contribution < 1.29 is 48.3 Å². The summed E-state index contributed by atoms with van der Waals surface area (Å²) in [6.07, 6.45) is -7.32.